The third-order valence-electron chi connectivity index (χ3n) is 2.52. The fourth-order valence-corrected chi connectivity index (χ4v) is 3.49. The van der Waals surface area contributed by atoms with E-state index >= 15 is 0 Å². The molecule has 20 heavy (non-hydrogen) atoms. The van der Waals surface area contributed by atoms with Gasteiger partial charge >= 0.3 is 5.97 Å². The molecular formula is C13H13BrClFO3S. The van der Waals surface area contributed by atoms with Gasteiger partial charge in [0.05, 0.1) is 12.7 Å². The third-order valence-corrected chi connectivity index (χ3v) is 4.94. The quantitative estimate of drug-likeness (QED) is 0.415. The van der Waals surface area contributed by atoms with E-state index in [9.17, 15) is 14.0 Å². The Hall–Kier alpha value is -0.590. The highest BCUT2D eigenvalue weighted by Gasteiger charge is 2.22. The van der Waals surface area contributed by atoms with Crippen molar-refractivity contribution in [1.29, 1.82) is 0 Å². The van der Waals surface area contributed by atoms with Crippen molar-refractivity contribution in [2.24, 2.45) is 0 Å². The molecule has 0 N–H and O–H groups in total. The van der Waals surface area contributed by atoms with Crippen LogP contribution in [0.1, 0.15) is 30.1 Å². The number of benzene rings is 1. The van der Waals surface area contributed by atoms with Gasteiger partial charge in [-0.05, 0) is 46.1 Å². The van der Waals surface area contributed by atoms with E-state index < -0.39 is 16.3 Å². The van der Waals surface area contributed by atoms with Gasteiger partial charge in [0.2, 0.25) is 0 Å². The van der Waals surface area contributed by atoms with E-state index in [1.54, 1.807) is 0 Å². The van der Waals surface area contributed by atoms with Crippen molar-refractivity contribution in [2.75, 3.05) is 7.11 Å². The standard InChI is InChI=1S/C13H13BrClFO3S/c1-3-4-10(13(18)19-2)20-11-5-7(12(15)17)9(16)6-8(11)14/h5-6,10H,3-4H2,1-2H3. The first kappa shape index (κ1) is 17.5. The number of carbonyl (C=O) groups is 2. The fourth-order valence-electron chi connectivity index (χ4n) is 1.54. The van der Waals surface area contributed by atoms with Crippen LogP contribution < -0.4 is 0 Å². The maximum atomic E-state index is 13.6. The summed E-state index contributed by atoms with van der Waals surface area (Å²) in [7, 11) is 1.32. The number of carbonyl (C=O) groups excluding carboxylic acids is 2. The monoisotopic (exact) mass is 382 g/mol. The number of thioether (sulfide) groups is 1. The zero-order valence-corrected chi connectivity index (χ0v) is 14.1. The number of hydrogen-bond acceptors (Lipinski definition) is 4. The first-order valence-electron chi connectivity index (χ1n) is 5.84. The van der Waals surface area contributed by atoms with Gasteiger partial charge in [0.25, 0.3) is 5.24 Å². The lowest BCUT2D eigenvalue weighted by Crippen LogP contribution is -2.18. The Labute approximate surface area is 134 Å². The summed E-state index contributed by atoms with van der Waals surface area (Å²) in [5, 5.41) is -1.29. The molecule has 7 heteroatoms. The minimum Gasteiger partial charge on any atom is -0.468 e. The first-order chi connectivity index (χ1) is 9.40. The van der Waals surface area contributed by atoms with Gasteiger partial charge in [-0.1, -0.05) is 13.3 Å². The second-order valence-electron chi connectivity index (χ2n) is 3.95. The number of halogens is 3. The summed E-state index contributed by atoms with van der Waals surface area (Å²) in [6.45, 7) is 1.95. The average molecular weight is 384 g/mol. The molecule has 1 rings (SSSR count). The molecular weight excluding hydrogens is 371 g/mol. The first-order valence-corrected chi connectivity index (χ1v) is 7.89. The smallest absolute Gasteiger partial charge is 0.319 e. The molecule has 0 saturated heterocycles. The van der Waals surface area contributed by atoms with Gasteiger partial charge in [0, 0.05) is 9.37 Å². The van der Waals surface area contributed by atoms with Crippen molar-refractivity contribution in [3.8, 4) is 0 Å². The summed E-state index contributed by atoms with van der Waals surface area (Å²) in [6, 6.07) is 2.50. The van der Waals surface area contributed by atoms with E-state index in [1.807, 2.05) is 6.92 Å². The second kappa shape index (κ2) is 8.00. The van der Waals surface area contributed by atoms with Crippen LogP contribution in [0.3, 0.4) is 0 Å². The largest absolute Gasteiger partial charge is 0.468 e. The zero-order valence-electron chi connectivity index (χ0n) is 10.9. The van der Waals surface area contributed by atoms with Crippen LogP contribution >= 0.6 is 39.3 Å². The van der Waals surface area contributed by atoms with Crippen LogP contribution in [0.5, 0.6) is 0 Å². The molecule has 110 valence electrons. The molecule has 0 heterocycles. The second-order valence-corrected chi connectivity index (χ2v) is 6.40. The van der Waals surface area contributed by atoms with Crippen LogP contribution in [0, 0.1) is 5.82 Å². The van der Waals surface area contributed by atoms with Gasteiger partial charge < -0.3 is 4.74 Å². The number of rotatable bonds is 6. The fraction of sp³-hybridized carbons (Fsp3) is 0.385. The van der Waals surface area contributed by atoms with Gasteiger partial charge in [0.15, 0.2) is 0 Å². The minimum atomic E-state index is -0.873. The van der Waals surface area contributed by atoms with Crippen LogP contribution in [0.4, 0.5) is 4.39 Å². The summed E-state index contributed by atoms with van der Waals surface area (Å²) < 4.78 is 18.8. The highest BCUT2D eigenvalue weighted by atomic mass is 79.9. The van der Waals surface area contributed by atoms with Crippen LogP contribution in [0.15, 0.2) is 21.5 Å². The number of hydrogen-bond donors (Lipinski definition) is 0. The van der Waals surface area contributed by atoms with Crippen molar-refractivity contribution < 1.29 is 18.7 Å². The number of methoxy groups -OCH3 is 1. The molecule has 0 aliphatic carbocycles. The lowest BCUT2D eigenvalue weighted by atomic mass is 10.2. The average Bonchev–Trinajstić information content (AvgIpc) is 2.39. The summed E-state index contributed by atoms with van der Waals surface area (Å²) in [6.07, 6.45) is 1.41. The molecule has 1 atom stereocenters. The van der Waals surface area contributed by atoms with Crippen molar-refractivity contribution in [3.05, 3.63) is 28.0 Å². The summed E-state index contributed by atoms with van der Waals surface area (Å²) in [5.74, 6) is -1.06. The molecule has 0 bridgehead atoms. The van der Waals surface area contributed by atoms with Gasteiger partial charge in [-0.25, -0.2) is 4.39 Å². The Kier molecular flexibility index (Phi) is 6.99. The number of esters is 1. The highest BCUT2D eigenvalue weighted by Crippen LogP contribution is 2.35. The molecule has 0 aromatic heterocycles. The van der Waals surface area contributed by atoms with Crippen molar-refractivity contribution in [2.45, 2.75) is 29.9 Å². The molecule has 0 radical (unpaired) electrons. The normalized spacial score (nSPS) is 12.1. The van der Waals surface area contributed by atoms with E-state index in [0.717, 1.165) is 12.5 Å². The molecule has 1 aromatic carbocycles. The third kappa shape index (κ3) is 4.46. The van der Waals surface area contributed by atoms with E-state index in [1.165, 1.54) is 24.9 Å². The molecule has 0 saturated carbocycles. The lowest BCUT2D eigenvalue weighted by molar-refractivity contribution is -0.140. The molecule has 0 aliphatic heterocycles. The summed E-state index contributed by atoms with van der Waals surface area (Å²) in [4.78, 5) is 23.4. The molecule has 0 spiro atoms. The van der Waals surface area contributed by atoms with Gasteiger partial charge in [0.1, 0.15) is 11.1 Å². The highest BCUT2D eigenvalue weighted by molar-refractivity contribution is 9.10. The van der Waals surface area contributed by atoms with Gasteiger partial charge in [-0.15, -0.1) is 11.8 Å². The van der Waals surface area contributed by atoms with E-state index in [4.69, 9.17) is 16.3 Å². The Morgan fingerprint density at radius 1 is 1.50 bits per heavy atom. The van der Waals surface area contributed by atoms with Crippen LogP contribution in [0.25, 0.3) is 0 Å². The predicted molar refractivity (Wildman–Crippen MR) is 80.9 cm³/mol. The SMILES string of the molecule is CCCC(Sc1cc(C(=O)Cl)c(F)cc1Br)C(=O)OC. The lowest BCUT2D eigenvalue weighted by Gasteiger charge is -2.15. The van der Waals surface area contributed by atoms with Crippen molar-refractivity contribution in [1.82, 2.24) is 0 Å². The predicted octanol–water partition coefficient (Wildman–Crippen LogP) is 4.40. The van der Waals surface area contributed by atoms with Crippen LogP contribution in [-0.2, 0) is 9.53 Å². The van der Waals surface area contributed by atoms with Gasteiger partial charge in [-0.3, -0.25) is 9.59 Å². The van der Waals surface area contributed by atoms with Crippen LogP contribution in [0.2, 0.25) is 0 Å². The molecule has 0 fully saturated rings. The molecule has 0 aliphatic rings. The molecule has 3 nitrogen and oxygen atoms in total. The van der Waals surface area contributed by atoms with Crippen molar-refractivity contribution in [3.63, 3.8) is 0 Å². The molecule has 1 aromatic rings. The Morgan fingerprint density at radius 3 is 2.65 bits per heavy atom. The maximum Gasteiger partial charge on any atom is 0.319 e. The minimum absolute atomic E-state index is 0.211. The summed E-state index contributed by atoms with van der Waals surface area (Å²) in [5.41, 5.74) is -0.211. The van der Waals surface area contributed by atoms with E-state index in [-0.39, 0.29) is 11.5 Å². The van der Waals surface area contributed by atoms with Crippen LogP contribution in [-0.4, -0.2) is 23.6 Å². The molecule has 0 amide bonds. The maximum absolute atomic E-state index is 13.6. The van der Waals surface area contributed by atoms with E-state index in [0.29, 0.717) is 15.8 Å². The Morgan fingerprint density at radius 2 is 2.15 bits per heavy atom. The van der Waals surface area contributed by atoms with E-state index in [2.05, 4.69) is 15.9 Å². The zero-order chi connectivity index (χ0) is 15.3. The topological polar surface area (TPSA) is 43.4 Å². The Bertz CT molecular complexity index is 525. The van der Waals surface area contributed by atoms with Crippen molar-refractivity contribution >= 4 is 50.5 Å². The number of ether oxygens (including phenoxy) is 1. The molecule has 1 unspecified atom stereocenters. The Balaban J connectivity index is 3.09. The summed E-state index contributed by atoms with van der Waals surface area (Å²) >= 11 is 9.75. The van der Waals surface area contributed by atoms with Gasteiger partial charge in [-0.2, -0.15) is 0 Å².